The van der Waals surface area contributed by atoms with Gasteiger partial charge in [0.25, 0.3) is 0 Å². The van der Waals surface area contributed by atoms with E-state index in [1.807, 2.05) is 0 Å². The van der Waals surface area contributed by atoms with Gasteiger partial charge in [-0.1, -0.05) is 0 Å². The van der Waals surface area contributed by atoms with Crippen molar-refractivity contribution >= 4 is 11.8 Å². The lowest BCUT2D eigenvalue weighted by Crippen LogP contribution is -2.49. The second-order valence-corrected chi connectivity index (χ2v) is 3.25. The van der Waals surface area contributed by atoms with Crippen molar-refractivity contribution in [2.45, 2.75) is 18.9 Å². The molecule has 5 nitrogen and oxygen atoms in total. The van der Waals surface area contributed by atoms with Gasteiger partial charge in [0.1, 0.15) is 0 Å². The Morgan fingerprint density at radius 2 is 2.46 bits per heavy atom. The van der Waals surface area contributed by atoms with Gasteiger partial charge in [-0.25, -0.2) is 0 Å². The minimum absolute atomic E-state index is 0.0161. The van der Waals surface area contributed by atoms with Crippen LogP contribution in [0.15, 0.2) is 0 Å². The summed E-state index contributed by atoms with van der Waals surface area (Å²) in [4.78, 5) is 23.8. The molecule has 0 spiro atoms. The fourth-order valence-corrected chi connectivity index (χ4v) is 1.35. The highest BCUT2D eigenvalue weighted by atomic mass is 16.2. The number of carbonyl (C=O) groups excluding carboxylic acids is 2. The standard InChI is InChI=1S/C8H15N3O2/c1-10-7(12)5-11-4-6(9)2-3-8(11)13/h6H,2-5,9H2,1H3,(H,10,12). The summed E-state index contributed by atoms with van der Waals surface area (Å²) in [5.41, 5.74) is 5.68. The molecule has 5 heteroatoms. The molecule has 3 N–H and O–H groups in total. The minimum Gasteiger partial charge on any atom is -0.358 e. The summed E-state index contributed by atoms with van der Waals surface area (Å²) in [7, 11) is 1.55. The van der Waals surface area contributed by atoms with Crippen LogP contribution in [0.1, 0.15) is 12.8 Å². The quantitative estimate of drug-likeness (QED) is 0.560. The third-order valence-corrected chi connectivity index (χ3v) is 2.15. The Kier molecular flexibility index (Phi) is 3.25. The molecule has 0 aliphatic carbocycles. The van der Waals surface area contributed by atoms with Crippen molar-refractivity contribution in [3.8, 4) is 0 Å². The summed E-state index contributed by atoms with van der Waals surface area (Å²) >= 11 is 0. The molecule has 0 radical (unpaired) electrons. The van der Waals surface area contributed by atoms with Crippen LogP contribution in [0.3, 0.4) is 0 Å². The van der Waals surface area contributed by atoms with E-state index in [2.05, 4.69) is 5.32 Å². The number of carbonyl (C=O) groups is 2. The predicted molar refractivity (Wildman–Crippen MR) is 47.9 cm³/mol. The van der Waals surface area contributed by atoms with Gasteiger partial charge in [-0.15, -0.1) is 0 Å². The van der Waals surface area contributed by atoms with Crippen molar-refractivity contribution in [3.63, 3.8) is 0 Å². The Balaban J connectivity index is 2.46. The van der Waals surface area contributed by atoms with Crippen molar-refractivity contribution in [1.82, 2.24) is 10.2 Å². The zero-order chi connectivity index (χ0) is 9.84. The van der Waals surface area contributed by atoms with Crippen molar-refractivity contribution < 1.29 is 9.59 Å². The van der Waals surface area contributed by atoms with E-state index in [0.29, 0.717) is 13.0 Å². The maximum absolute atomic E-state index is 11.3. The number of likely N-dealkylation sites (N-methyl/N-ethyl adjacent to an activating group) is 1. The van der Waals surface area contributed by atoms with E-state index >= 15 is 0 Å². The molecule has 2 amide bonds. The third kappa shape index (κ3) is 2.69. The molecule has 1 unspecified atom stereocenters. The Morgan fingerprint density at radius 1 is 1.77 bits per heavy atom. The number of nitrogens with two attached hydrogens (primary N) is 1. The zero-order valence-electron chi connectivity index (χ0n) is 7.75. The second-order valence-electron chi connectivity index (χ2n) is 3.25. The van der Waals surface area contributed by atoms with Crippen molar-refractivity contribution in [1.29, 1.82) is 0 Å². The molecule has 0 aromatic heterocycles. The summed E-state index contributed by atoms with van der Waals surface area (Å²) in [5, 5.41) is 2.47. The molecule has 1 heterocycles. The number of likely N-dealkylation sites (tertiary alicyclic amines) is 1. The summed E-state index contributed by atoms with van der Waals surface area (Å²) in [6.07, 6.45) is 1.18. The lowest BCUT2D eigenvalue weighted by molar-refractivity contribution is -0.138. The first-order chi connectivity index (χ1) is 6.13. The SMILES string of the molecule is CNC(=O)CN1CC(N)CCC1=O. The Labute approximate surface area is 77.3 Å². The van der Waals surface area contributed by atoms with Crippen LogP contribution in [-0.4, -0.2) is 42.9 Å². The van der Waals surface area contributed by atoms with Gasteiger partial charge in [0.05, 0.1) is 6.54 Å². The predicted octanol–water partition coefficient (Wildman–Crippen LogP) is -1.32. The van der Waals surface area contributed by atoms with E-state index in [1.54, 1.807) is 7.05 Å². The molecule has 1 aliphatic heterocycles. The van der Waals surface area contributed by atoms with Gasteiger partial charge in [-0.2, -0.15) is 0 Å². The van der Waals surface area contributed by atoms with Gasteiger partial charge < -0.3 is 16.0 Å². The molecule has 13 heavy (non-hydrogen) atoms. The topological polar surface area (TPSA) is 75.4 Å². The van der Waals surface area contributed by atoms with Crippen molar-refractivity contribution in [3.05, 3.63) is 0 Å². The molecule has 1 rings (SSSR count). The first-order valence-electron chi connectivity index (χ1n) is 4.37. The minimum atomic E-state index is -0.151. The molecule has 1 fully saturated rings. The van der Waals surface area contributed by atoms with Crippen LogP contribution in [0.2, 0.25) is 0 Å². The van der Waals surface area contributed by atoms with Gasteiger partial charge in [-0.3, -0.25) is 9.59 Å². The first kappa shape index (κ1) is 9.98. The molecule has 0 saturated carbocycles. The van der Waals surface area contributed by atoms with E-state index in [0.717, 1.165) is 6.42 Å². The van der Waals surface area contributed by atoms with E-state index in [9.17, 15) is 9.59 Å². The number of piperidine rings is 1. The average Bonchev–Trinajstić information content (AvgIpc) is 2.11. The number of nitrogens with one attached hydrogen (secondary N) is 1. The summed E-state index contributed by atoms with van der Waals surface area (Å²) in [5.74, 6) is -0.132. The maximum atomic E-state index is 11.3. The molecule has 1 aliphatic rings. The van der Waals surface area contributed by atoms with Crippen LogP contribution in [0.5, 0.6) is 0 Å². The zero-order valence-corrected chi connectivity index (χ0v) is 7.75. The van der Waals surface area contributed by atoms with Crippen LogP contribution < -0.4 is 11.1 Å². The van der Waals surface area contributed by atoms with Gasteiger partial charge >= 0.3 is 0 Å². The highest BCUT2D eigenvalue weighted by molar-refractivity contribution is 5.85. The Bertz CT molecular complexity index is 217. The molecule has 0 aromatic carbocycles. The molecular formula is C8H15N3O2. The Hall–Kier alpha value is -1.10. The largest absolute Gasteiger partial charge is 0.358 e. The van der Waals surface area contributed by atoms with Gasteiger partial charge in [-0.05, 0) is 6.42 Å². The number of amides is 2. The maximum Gasteiger partial charge on any atom is 0.239 e. The van der Waals surface area contributed by atoms with Gasteiger partial charge in [0.15, 0.2) is 0 Å². The number of rotatable bonds is 2. The van der Waals surface area contributed by atoms with Crippen LogP contribution in [0.25, 0.3) is 0 Å². The van der Waals surface area contributed by atoms with E-state index in [4.69, 9.17) is 5.73 Å². The van der Waals surface area contributed by atoms with Crippen LogP contribution in [0.4, 0.5) is 0 Å². The summed E-state index contributed by atoms with van der Waals surface area (Å²) in [6.45, 7) is 0.620. The molecular weight excluding hydrogens is 170 g/mol. The smallest absolute Gasteiger partial charge is 0.239 e. The molecule has 1 saturated heterocycles. The van der Waals surface area contributed by atoms with E-state index in [-0.39, 0.29) is 24.4 Å². The second kappa shape index (κ2) is 4.23. The lowest BCUT2D eigenvalue weighted by atomic mass is 10.1. The fraction of sp³-hybridized carbons (Fsp3) is 0.750. The summed E-state index contributed by atoms with van der Waals surface area (Å²) in [6, 6.07) is 0.0161. The normalized spacial score (nSPS) is 23.1. The van der Waals surface area contributed by atoms with Gasteiger partial charge in [0, 0.05) is 26.1 Å². The molecule has 0 aromatic rings. The van der Waals surface area contributed by atoms with Crippen LogP contribution in [0, 0.1) is 0 Å². The summed E-state index contributed by atoms with van der Waals surface area (Å²) < 4.78 is 0. The number of nitrogens with zero attached hydrogens (tertiary/aromatic N) is 1. The van der Waals surface area contributed by atoms with Gasteiger partial charge in [0.2, 0.25) is 11.8 Å². The first-order valence-corrected chi connectivity index (χ1v) is 4.37. The number of hydrogen-bond donors (Lipinski definition) is 2. The highest BCUT2D eigenvalue weighted by Gasteiger charge is 2.24. The van der Waals surface area contributed by atoms with Crippen LogP contribution >= 0.6 is 0 Å². The highest BCUT2D eigenvalue weighted by Crippen LogP contribution is 2.08. The third-order valence-electron chi connectivity index (χ3n) is 2.15. The Morgan fingerprint density at radius 3 is 3.08 bits per heavy atom. The lowest BCUT2D eigenvalue weighted by Gasteiger charge is -2.29. The fourth-order valence-electron chi connectivity index (χ4n) is 1.35. The van der Waals surface area contributed by atoms with Crippen LogP contribution in [-0.2, 0) is 9.59 Å². The molecule has 74 valence electrons. The van der Waals surface area contributed by atoms with E-state index < -0.39 is 0 Å². The number of hydrogen-bond acceptors (Lipinski definition) is 3. The van der Waals surface area contributed by atoms with Crippen molar-refractivity contribution in [2.24, 2.45) is 5.73 Å². The molecule has 0 bridgehead atoms. The average molecular weight is 185 g/mol. The van der Waals surface area contributed by atoms with Crippen molar-refractivity contribution in [2.75, 3.05) is 20.1 Å². The monoisotopic (exact) mass is 185 g/mol. The van der Waals surface area contributed by atoms with E-state index in [1.165, 1.54) is 4.90 Å². The molecule has 1 atom stereocenters.